The zero-order valence-corrected chi connectivity index (χ0v) is 17.8. The van der Waals surface area contributed by atoms with E-state index in [9.17, 15) is 9.18 Å². The zero-order chi connectivity index (χ0) is 21.8. The van der Waals surface area contributed by atoms with Crippen LogP contribution in [-0.4, -0.2) is 30.0 Å². The van der Waals surface area contributed by atoms with Crippen LogP contribution in [0.25, 0.3) is 0 Å². The molecule has 0 saturated heterocycles. The van der Waals surface area contributed by atoms with Crippen LogP contribution in [0.3, 0.4) is 0 Å². The predicted molar refractivity (Wildman–Crippen MR) is 115 cm³/mol. The lowest BCUT2D eigenvalue weighted by Gasteiger charge is -2.31. The molecule has 1 atom stereocenters. The van der Waals surface area contributed by atoms with E-state index in [-0.39, 0.29) is 11.6 Å². The van der Waals surface area contributed by atoms with E-state index < -0.39 is 5.41 Å². The molecule has 1 aliphatic carbocycles. The Morgan fingerprint density at radius 3 is 2.48 bits per heavy atom. The van der Waals surface area contributed by atoms with E-state index in [1.165, 1.54) is 17.8 Å². The summed E-state index contributed by atoms with van der Waals surface area (Å²) >= 11 is 0. The van der Waals surface area contributed by atoms with Gasteiger partial charge in [0.1, 0.15) is 17.4 Å². The Balaban J connectivity index is 0.00000145. The Kier molecular flexibility index (Phi) is 7.09. The van der Waals surface area contributed by atoms with Crippen molar-refractivity contribution in [3.05, 3.63) is 83.0 Å². The molecule has 3 rings (SSSR count). The number of ketones is 1. The van der Waals surface area contributed by atoms with E-state index in [0.29, 0.717) is 18.7 Å². The van der Waals surface area contributed by atoms with Crippen molar-refractivity contribution in [2.75, 3.05) is 19.1 Å². The second-order valence-electron chi connectivity index (χ2n) is 7.31. The van der Waals surface area contributed by atoms with Crippen LogP contribution in [-0.2, 0) is 10.2 Å². The molecule has 0 saturated carbocycles. The van der Waals surface area contributed by atoms with Gasteiger partial charge in [-0.25, -0.2) is 9.37 Å². The lowest BCUT2D eigenvalue weighted by molar-refractivity contribution is -0.122. The van der Waals surface area contributed by atoms with E-state index >= 15 is 0 Å². The lowest BCUT2D eigenvalue weighted by Crippen LogP contribution is -2.34. The standard InChI is InChI=1S/C23H25FN2O.CH4O/c1-6-18-12-23(17(4)27,20-9-7-8-15(2)16(20)3)13-21(18)26(5)22-11-10-19(24)14-25-22;1-2/h6-11,14H,1,12-13H2,2-5H3;2H,1H3/t23-;/m1./s1. The van der Waals surface area contributed by atoms with Gasteiger partial charge in [-0.3, -0.25) is 4.79 Å². The molecule has 1 N–H and O–H groups in total. The minimum absolute atomic E-state index is 0.144. The highest BCUT2D eigenvalue weighted by atomic mass is 19.1. The van der Waals surface area contributed by atoms with Gasteiger partial charge in [-0.1, -0.05) is 30.9 Å². The maximum absolute atomic E-state index is 13.2. The maximum atomic E-state index is 13.2. The molecule has 4 nitrogen and oxygen atoms in total. The molecule has 2 aromatic rings. The number of nitrogens with zero attached hydrogens (tertiary/aromatic N) is 2. The fraction of sp³-hybridized carbons (Fsp3) is 0.333. The zero-order valence-electron chi connectivity index (χ0n) is 17.8. The fourth-order valence-corrected chi connectivity index (χ4v) is 4.02. The molecule has 29 heavy (non-hydrogen) atoms. The number of aryl methyl sites for hydroxylation is 1. The Labute approximate surface area is 172 Å². The first-order chi connectivity index (χ1) is 13.8. The maximum Gasteiger partial charge on any atom is 0.141 e. The van der Waals surface area contributed by atoms with Crippen LogP contribution in [0.4, 0.5) is 10.2 Å². The van der Waals surface area contributed by atoms with Crippen molar-refractivity contribution in [1.82, 2.24) is 4.98 Å². The van der Waals surface area contributed by atoms with Crippen LogP contribution in [0.1, 0.15) is 36.5 Å². The number of benzene rings is 1. The summed E-state index contributed by atoms with van der Waals surface area (Å²) in [6.45, 7) is 9.78. The molecule has 5 heteroatoms. The summed E-state index contributed by atoms with van der Waals surface area (Å²) in [5.41, 5.74) is 4.82. The van der Waals surface area contributed by atoms with Crippen molar-refractivity contribution in [2.24, 2.45) is 0 Å². The molecule has 0 radical (unpaired) electrons. The second kappa shape index (κ2) is 9.14. The first kappa shape index (κ1) is 22.5. The number of allylic oxidation sites excluding steroid dienone is 3. The van der Waals surface area contributed by atoms with Gasteiger partial charge >= 0.3 is 0 Å². The average Bonchev–Trinajstić information content (AvgIpc) is 3.13. The SMILES string of the molecule is C=CC1=C(N(C)c2ccc(F)cn2)C[C@](C(C)=O)(c2cccc(C)c2C)C1.CO. The van der Waals surface area contributed by atoms with Gasteiger partial charge < -0.3 is 10.0 Å². The molecule has 0 spiro atoms. The molecule has 0 bridgehead atoms. The molecule has 1 aromatic heterocycles. The van der Waals surface area contributed by atoms with Crippen LogP contribution in [0.2, 0.25) is 0 Å². The minimum Gasteiger partial charge on any atom is -0.400 e. The number of Topliss-reactive ketones (excluding diaryl/α,β-unsaturated/α-hetero) is 1. The summed E-state index contributed by atoms with van der Waals surface area (Å²) in [6, 6.07) is 9.18. The Hall–Kier alpha value is -2.79. The summed E-state index contributed by atoms with van der Waals surface area (Å²) in [4.78, 5) is 19.0. The monoisotopic (exact) mass is 396 g/mol. The van der Waals surface area contributed by atoms with Gasteiger partial charge in [-0.15, -0.1) is 0 Å². The second-order valence-corrected chi connectivity index (χ2v) is 7.31. The van der Waals surface area contributed by atoms with Crippen LogP contribution in [0, 0.1) is 19.7 Å². The summed E-state index contributed by atoms with van der Waals surface area (Å²) in [5.74, 6) is 0.419. The molecular formula is C24H29FN2O2. The molecular weight excluding hydrogens is 367 g/mol. The van der Waals surface area contributed by atoms with E-state index in [4.69, 9.17) is 5.11 Å². The summed E-state index contributed by atoms with van der Waals surface area (Å²) in [7, 11) is 2.90. The highest BCUT2D eigenvalue weighted by molar-refractivity contribution is 5.90. The largest absolute Gasteiger partial charge is 0.400 e. The smallest absolute Gasteiger partial charge is 0.141 e. The number of hydrogen-bond donors (Lipinski definition) is 1. The van der Waals surface area contributed by atoms with Crippen molar-refractivity contribution in [2.45, 2.75) is 39.0 Å². The number of pyridine rings is 1. The minimum atomic E-state index is -0.608. The number of carbonyl (C=O) groups excluding carboxylic acids is 1. The highest BCUT2D eigenvalue weighted by Crippen LogP contribution is 2.48. The number of rotatable bonds is 5. The molecule has 1 heterocycles. The van der Waals surface area contributed by atoms with E-state index in [2.05, 4.69) is 37.5 Å². The molecule has 0 aliphatic heterocycles. The van der Waals surface area contributed by atoms with Crippen molar-refractivity contribution in [1.29, 1.82) is 0 Å². The van der Waals surface area contributed by atoms with Crippen molar-refractivity contribution in [3.63, 3.8) is 0 Å². The normalized spacial score (nSPS) is 18.2. The van der Waals surface area contributed by atoms with E-state index in [1.807, 2.05) is 24.1 Å². The molecule has 1 aliphatic rings. The Bertz CT molecular complexity index is 934. The molecule has 1 aromatic carbocycles. The van der Waals surface area contributed by atoms with E-state index in [1.54, 1.807) is 13.0 Å². The highest BCUT2D eigenvalue weighted by Gasteiger charge is 2.45. The number of aliphatic hydroxyl groups is 1. The predicted octanol–water partition coefficient (Wildman–Crippen LogP) is 4.64. The Morgan fingerprint density at radius 1 is 1.24 bits per heavy atom. The lowest BCUT2D eigenvalue weighted by atomic mass is 9.72. The van der Waals surface area contributed by atoms with Gasteiger partial charge in [0.15, 0.2) is 0 Å². The number of hydrogen-bond acceptors (Lipinski definition) is 4. The van der Waals surface area contributed by atoms with Gasteiger partial charge in [0.25, 0.3) is 0 Å². The van der Waals surface area contributed by atoms with Crippen LogP contribution < -0.4 is 4.90 Å². The molecule has 0 fully saturated rings. The topological polar surface area (TPSA) is 53.4 Å². The summed E-state index contributed by atoms with van der Waals surface area (Å²) in [6.07, 6.45) is 4.21. The summed E-state index contributed by atoms with van der Waals surface area (Å²) < 4.78 is 13.2. The van der Waals surface area contributed by atoms with Crippen molar-refractivity contribution >= 4 is 11.6 Å². The van der Waals surface area contributed by atoms with Crippen LogP contribution >= 0.6 is 0 Å². The van der Waals surface area contributed by atoms with Gasteiger partial charge in [-0.05, 0) is 61.6 Å². The third kappa shape index (κ3) is 4.15. The number of aromatic nitrogens is 1. The van der Waals surface area contributed by atoms with Crippen molar-refractivity contribution in [3.8, 4) is 0 Å². The quantitative estimate of drug-likeness (QED) is 0.800. The number of aliphatic hydroxyl groups excluding tert-OH is 1. The van der Waals surface area contributed by atoms with Gasteiger partial charge in [0.05, 0.1) is 11.6 Å². The summed E-state index contributed by atoms with van der Waals surface area (Å²) in [5, 5.41) is 7.00. The third-order valence-corrected chi connectivity index (χ3v) is 5.83. The molecule has 0 amide bonds. The van der Waals surface area contributed by atoms with Gasteiger partial charge in [0, 0.05) is 26.3 Å². The fourth-order valence-electron chi connectivity index (χ4n) is 4.02. The first-order valence-corrected chi connectivity index (χ1v) is 9.52. The van der Waals surface area contributed by atoms with Crippen molar-refractivity contribution < 1.29 is 14.3 Å². The van der Waals surface area contributed by atoms with Crippen LogP contribution in [0.5, 0.6) is 0 Å². The van der Waals surface area contributed by atoms with Crippen LogP contribution in [0.15, 0.2) is 60.5 Å². The van der Waals surface area contributed by atoms with E-state index in [0.717, 1.165) is 29.5 Å². The van der Waals surface area contributed by atoms with Gasteiger partial charge in [0.2, 0.25) is 0 Å². The number of anilines is 1. The molecule has 154 valence electrons. The molecule has 0 unspecified atom stereocenters. The average molecular weight is 397 g/mol. The van der Waals surface area contributed by atoms with Gasteiger partial charge in [-0.2, -0.15) is 0 Å². The third-order valence-electron chi connectivity index (χ3n) is 5.83. The first-order valence-electron chi connectivity index (χ1n) is 9.52. The number of carbonyl (C=O) groups is 1. The number of halogens is 1. The Morgan fingerprint density at radius 2 is 1.93 bits per heavy atom.